The molecule has 0 aliphatic rings. The maximum atomic E-state index is 12.6. The first-order valence-electron chi connectivity index (χ1n) is 12.3. The fourth-order valence-electron chi connectivity index (χ4n) is 4.43. The summed E-state index contributed by atoms with van der Waals surface area (Å²) in [6, 6.07) is 38.9. The lowest BCUT2D eigenvalue weighted by molar-refractivity contribution is -0.142. The number of hydrogen-bond acceptors (Lipinski definition) is 4. The van der Waals surface area contributed by atoms with Crippen molar-refractivity contribution >= 4 is 5.97 Å². The summed E-state index contributed by atoms with van der Waals surface area (Å²) in [4.78, 5) is 14.9. The van der Waals surface area contributed by atoms with E-state index in [-0.39, 0.29) is 24.5 Å². The molecule has 0 unspecified atom stereocenters. The zero-order valence-electron chi connectivity index (χ0n) is 20.9. The van der Waals surface area contributed by atoms with Crippen molar-refractivity contribution in [3.05, 3.63) is 138 Å². The van der Waals surface area contributed by atoms with Crippen LogP contribution in [0.4, 0.5) is 0 Å². The van der Waals surface area contributed by atoms with Crippen molar-refractivity contribution in [2.75, 3.05) is 7.11 Å². The first-order chi connectivity index (χ1) is 17.6. The molecule has 0 aliphatic heterocycles. The van der Waals surface area contributed by atoms with Crippen LogP contribution in [0.5, 0.6) is 5.75 Å². The van der Waals surface area contributed by atoms with Crippen molar-refractivity contribution in [3.8, 4) is 5.75 Å². The molecule has 0 saturated heterocycles. The Kier molecular flexibility index (Phi) is 8.90. The molecule has 0 fully saturated rings. The third-order valence-corrected chi connectivity index (χ3v) is 6.49. The van der Waals surface area contributed by atoms with E-state index in [9.17, 15) is 4.79 Å². The highest BCUT2D eigenvalue weighted by Gasteiger charge is 2.29. The van der Waals surface area contributed by atoms with Crippen LogP contribution in [0, 0.1) is 0 Å². The first-order valence-corrected chi connectivity index (χ1v) is 12.3. The van der Waals surface area contributed by atoms with Gasteiger partial charge in [0, 0.05) is 18.6 Å². The molecule has 0 aliphatic carbocycles. The second-order valence-corrected chi connectivity index (χ2v) is 8.88. The molecular weight excluding hydrogens is 446 g/mol. The first kappa shape index (κ1) is 25.2. The lowest BCUT2D eigenvalue weighted by Crippen LogP contribution is -2.33. The van der Waals surface area contributed by atoms with Crippen LogP contribution in [0.25, 0.3) is 0 Å². The Balaban J connectivity index is 1.62. The standard InChI is InChI=1S/C32H33NO3/c1-25(28-16-10-5-11-17-28)33(23-26-12-6-3-7-13-26)31(22-32(34)35-2)29-18-20-30(21-19-29)36-24-27-14-8-4-9-15-27/h3-21,25,31H,22-24H2,1-2H3/t25-,31-/m1/s1. The highest BCUT2D eigenvalue weighted by Crippen LogP contribution is 2.35. The molecule has 4 heteroatoms. The highest BCUT2D eigenvalue weighted by molar-refractivity contribution is 5.70. The van der Waals surface area contributed by atoms with Gasteiger partial charge < -0.3 is 9.47 Å². The lowest BCUT2D eigenvalue weighted by Gasteiger charge is -2.37. The fourth-order valence-corrected chi connectivity index (χ4v) is 4.43. The molecule has 0 spiro atoms. The SMILES string of the molecule is COC(=O)C[C@H](c1ccc(OCc2ccccc2)cc1)N(Cc1ccccc1)[C@H](C)c1ccccc1. The average molecular weight is 480 g/mol. The average Bonchev–Trinajstić information content (AvgIpc) is 2.95. The Hall–Kier alpha value is -3.89. The van der Waals surface area contributed by atoms with E-state index in [0.29, 0.717) is 13.2 Å². The van der Waals surface area contributed by atoms with Gasteiger partial charge in [0.15, 0.2) is 0 Å². The zero-order chi connectivity index (χ0) is 25.2. The number of methoxy groups -OCH3 is 1. The molecule has 184 valence electrons. The minimum atomic E-state index is -0.234. The summed E-state index contributed by atoms with van der Waals surface area (Å²) in [7, 11) is 1.45. The Labute approximate surface area is 214 Å². The Morgan fingerprint density at radius 2 is 1.28 bits per heavy atom. The van der Waals surface area contributed by atoms with Gasteiger partial charge in [0.05, 0.1) is 13.5 Å². The van der Waals surface area contributed by atoms with Crippen LogP contribution in [0.1, 0.15) is 47.7 Å². The molecule has 4 rings (SSSR count). The normalized spacial score (nSPS) is 12.6. The topological polar surface area (TPSA) is 38.8 Å². The molecule has 4 nitrogen and oxygen atoms in total. The van der Waals surface area contributed by atoms with Gasteiger partial charge in [-0.2, -0.15) is 0 Å². The number of carbonyl (C=O) groups is 1. The molecule has 0 N–H and O–H groups in total. The fraction of sp³-hybridized carbons (Fsp3) is 0.219. The van der Waals surface area contributed by atoms with Crippen molar-refractivity contribution in [2.24, 2.45) is 0 Å². The lowest BCUT2D eigenvalue weighted by atomic mass is 9.96. The summed E-state index contributed by atoms with van der Waals surface area (Å²) in [5, 5.41) is 0. The molecule has 0 radical (unpaired) electrons. The minimum Gasteiger partial charge on any atom is -0.489 e. The van der Waals surface area contributed by atoms with E-state index < -0.39 is 0 Å². The zero-order valence-corrected chi connectivity index (χ0v) is 20.9. The van der Waals surface area contributed by atoms with Gasteiger partial charge in [-0.3, -0.25) is 9.69 Å². The van der Waals surface area contributed by atoms with Crippen LogP contribution in [0.2, 0.25) is 0 Å². The van der Waals surface area contributed by atoms with Crippen LogP contribution >= 0.6 is 0 Å². The third-order valence-electron chi connectivity index (χ3n) is 6.49. The minimum absolute atomic E-state index is 0.0788. The van der Waals surface area contributed by atoms with E-state index in [4.69, 9.17) is 9.47 Å². The molecular formula is C32H33NO3. The molecule has 4 aromatic rings. The quantitative estimate of drug-likeness (QED) is 0.214. The molecule has 2 atom stereocenters. The molecule has 0 heterocycles. The summed E-state index contributed by atoms with van der Waals surface area (Å²) in [6.45, 7) is 3.40. The Morgan fingerprint density at radius 3 is 1.86 bits per heavy atom. The Morgan fingerprint density at radius 1 is 0.722 bits per heavy atom. The number of ether oxygens (including phenoxy) is 2. The van der Waals surface area contributed by atoms with Crippen LogP contribution in [0.3, 0.4) is 0 Å². The van der Waals surface area contributed by atoms with Crippen LogP contribution in [-0.4, -0.2) is 18.0 Å². The predicted octanol–water partition coefficient (Wildman–Crippen LogP) is 7.13. The van der Waals surface area contributed by atoms with Gasteiger partial charge in [0.1, 0.15) is 12.4 Å². The molecule has 4 aromatic carbocycles. The van der Waals surface area contributed by atoms with Gasteiger partial charge in [0.25, 0.3) is 0 Å². The summed E-state index contributed by atoms with van der Waals surface area (Å²) >= 11 is 0. The maximum Gasteiger partial charge on any atom is 0.307 e. The van der Waals surface area contributed by atoms with Gasteiger partial charge in [-0.25, -0.2) is 0 Å². The van der Waals surface area contributed by atoms with Crippen molar-refractivity contribution in [3.63, 3.8) is 0 Å². The number of rotatable bonds is 11. The van der Waals surface area contributed by atoms with Crippen LogP contribution < -0.4 is 4.74 Å². The second-order valence-electron chi connectivity index (χ2n) is 8.88. The summed E-state index contributed by atoms with van der Waals surface area (Å²) in [5.41, 5.74) is 4.56. The van der Waals surface area contributed by atoms with E-state index in [2.05, 4.69) is 72.5 Å². The highest BCUT2D eigenvalue weighted by atomic mass is 16.5. The van der Waals surface area contributed by atoms with E-state index in [1.807, 2.05) is 54.6 Å². The van der Waals surface area contributed by atoms with E-state index in [1.165, 1.54) is 18.2 Å². The molecule has 0 amide bonds. The smallest absolute Gasteiger partial charge is 0.307 e. The molecule has 0 aromatic heterocycles. The van der Waals surface area contributed by atoms with Gasteiger partial charge in [-0.05, 0) is 41.3 Å². The van der Waals surface area contributed by atoms with Gasteiger partial charge in [0.2, 0.25) is 0 Å². The second kappa shape index (κ2) is 12.7. The van der Waals surface area contributed by atoms with Crippen molar-refractivity contribution in [1.29, 1.82) is 0 Å². The largest absolute Gasteiger partial charge is 0.489 e. The molecule has 0 saturated carbocycles. The van der Waals surface area contributed by atoms with Crippen LogP contribution in [-0.2, 0) is 22.7 Å². The molecule has 0 bridgehead atoms. The number of carbonyl (C=O) groups excluding carboxylic acids is 1. The predicted molar refractivity (Wildman–Crippen MR) is 143 cm³/mol. The van der Waals surface area contributed by atoms with E-state index in [0.717, 1.165) is 16.9 Å². The monoisotopic (exact) mass is 479 g/mol. The Bertz CT molecular complexity index is 1190. The van der Waals surface area contributed by atoms with Crippen molar-refractivity contribution in [2.45, 2.75) is 38.6 Å². The van der Waals surface area contributed by atoms with E-state index >= 15 is 0 Å². The number of benzene rings is 4. The van der Waals surface area contributed by atoms with Crippen molar-refractivity contribution in [1.82, 2.24) is 4.90 Å². The maximum absolute atomic E-state index is 12.6. The third kappa shape index (κ3) is 6.83. The van der Waals surface area contributed by atoms with Crippen LogP contribution in [0.15, 0.2) is 115 Å². The van der Waals surface area contributed by atoms with E-state index in [1.54, 1.807) is 0 Å². The van der Waals surface area contributed by atoms with Gasteiger partial charge >= 0.3 is 5.97 Å². The number of hydrogen-bond donors (Lipinski definition) is 0. The van der Waals surface area contributed by atoms with Gasteiger partial charge in [-0.1, -0.05) is 103 Å². The molecule has 36 heavy (non-hydrogen) atoms. The summed E-state index contributed by atoms with van der Waals surface area (Å²) < 4.78 is 11.1. The number of esters is 1. The summed E-state index contributed by atoms with van der Waals surface area (Å²) in [5.74, 6) is 0.563. The van der Waals surface area contributed by atoms with Gasteiger partial charge in [-0.15, -0.1) is 0 Å². The summed E-state index contributed by atoms with van der Waals surface area (Å²) in [6.07, 6.45) is 0.255. The number of nitrogens with zero attached hydrogens (tertiary/aromatic N) is 1. The van der Waals surface area contributed by atoms with Crippen molar-refractivity contribution < 1.29 is 14.3 Å².